The molecular formula is C17H30FN3. The van der Waals surface area contributed by atoms with E-state index in [0.29, 0.717) is 0 Å². The molecule has 0 atom stereocenters. The first kappa shape index (κ1) is 17.9. The van der Waals surface area contributed by atoms with Crippen molar-refractivity contribution in [2.75, 3.05) is 45.2 Å². The van der Waals surface area contributed by atoms with Gasteiger partial charge in [-0.1, -0.05) is 26.0 Å². The van der Waals surface area contributed by atoms with Gasteiger partial charge >= 0.3 is 0 Å². The first-order chi connectivity index (χ1) is 10.1. The van der Waals surface area contributed by atoms with Crippen LogP contribution in [0, 0.1) is 5.82 Å². The number of benzene rings is 1. The molecule has 1 aromatic rings. The lowest BCUT2D eigenvalue weighted by Gasteiger charge is -2.28. The van der Waals surface area contributed by atoms with Crippen LogP contribution in [0.15, 0.2) is 18.2 Å². The summed E-state index contributed by atoms with van der Waals surface area (Å²) in [6.45, 7) is 8.62. The Morgan fingerprint density at radius 3 is 2.43 bits per heavy atom. The fourth-order valence-corrected chi connectivity index (χ4v) is 2.38. The van der Waals surface area contributed by atoms with Gasteiger partial charge in [0.15, 0.2) is 0 Å². The number of nitrogens with one attached hydrogen (secondary N) is 1. The number of nitrogens with zero attached hydrogens (tertiary/aromatic N) is 2. The van der Waals surface area contributed by atoms with Crippen LogP contribution in [-0.4, -0.2) is 45.2 Å². The van der Waals surface area contributed by atoms with E-state index in [1.54, 1.807) is 12.1 Å². The lowest BCUT2D eigenvalue weighted by molar-refractivity contribution is 0.411. The number of hydrogen-bond acceptors (Lipinski definition) is 3. The van der Waals surface area contributed by atoms with Gasteiger partial charge in [-0.3, -0.25) is 0 Å². The molecule has 0 saturated carbocycles. The van der Waals surface area contributed by atoms with Gasteiger partial charge in [0.25, 0.3) is 0 Å². The number of para-hydroxylation sites is 1. The van der Waals surface area contributed by atoms with Gasteiger partial charge in [-0.2, -0.15) is 0 Å². The van der Waals surface area contributed by atoms with Gasteiger partial charge < -0.3 is 15.1 Å². The molecule has 0 aliphatic rings. The van der Waals surface area contributed by atoms with E-state index in [-0.39, 0.29) is 5.82 Å². The average Bonchev–Trinajstić information content (AvgIpc) is 2.44. The van der Waals surface area contributed by atoms with Crippen LogP contribution in [0.1, 0.15) is 32.3 Å². The number of anilines is 1. The summed E-state index contributed by atoms with van der Waals surface area (Å²) in [5, 5.41) is 3.38. The molecule has 0 saturated heterocycles. The standard InChI is InChI=1S/C17H30FN3/c1-5-10-19-14-15-8-7-9-16(18)17(15)21(11-6-2)13-12-20(3)4/h7-9,19H,5-6,10-14H2,1-4H3. The molecule has 0 bridgehead atoms. The molecule has 0 heterocycles. The second-order valence-corrected chi connectivity index (χ2v) is 5.71. The van der Waals surface area contributed by atoms with E-state index in [1.165, 1.54) is 0 Å². The predicted molar refractivity (Wildman–Crippen MR) is 89.5 cm³/mol. The third kappa shape index (κ3) is 6.02. The van der Waals surface area contributed by atoms with Gasteiger partial charge in [0.2, 0.25) is 0 Å². The Balaban J connectivity index is 2.92. The molecule has 0 spiro atoms. The van der Waals surface area contributed by atoms with Crippen LogP contribution in [-0.2, 0) is 6.54 Å². The van der Waals surface area contributed by atoms with Crippen LogP contribution in [0.2, 0.25) is 0 Å². The summed E-state index contributed by atoms with van der Waals surface area (Å²) in [6, 6.07) is 5.40. The van der Waals surface area contributed by atoms with Crippen LogP contribution in [0.3, 0.4) is 0 Å². The normalized spacial score (nSPS) is 11.1. The molecule has 0 amide bonds. The van der Waals surface area contributed by atoms with Crippen molar-refractivity contribution in [1.29, 1.82) is 0 Å². The molecular weight excluding hydrogens is 265 g/mol. The summed E-state index contributed by atoms with van der Waals surface area (Å²) in [6.07, 6.45) is 2.10. The minimum atomic E-state index is -0.113. The molecule has 0 aliphatic carbocycles. The second kappa shape index (κ2) is 9.74. The van der Waals surface area contributed by atoms with Crippen molar-refractivity contribution in [3.63, 3.8) is 0 Å². The van der Waals surface area contributed by atoms with Crippen LogP contribution >= 0.6 is 0 Å². The van der Waals surface area contributed by atoms with E-state index in [9.17, 15) is 4.39 Å². The van der Waals surface area contributed by atoms with Crippen molar-refractivity contribution in [1.82, 2.24) is 10.2 Å². The molecule has 1 aromatic carbocycles. The smallest absolute Gasteiger partial charge is 0.146 e. The van der Waals surface area contributed by atoms with Gasteiger partial charge in [0.05, 0.1) is 5.69 Å². The van der Waals surface area contributed by atoms with Gasteiger partial charge in [0.1, 0.15) is 5.82 Å². The molecule has 3 nitrogen and oxygen atoms in total. The van der Waals surface area contributed by atoms with Crippen LogP contribution in [0.5, 0.6) is 0 Å². The van der Waals surface area contributed by atoms with Gasteiger partial charge in [-0.15, -0.1) is 0 Å². The Hall–Kier alpha value is -1.13. The number of halogens is 1. The SMILES string of the molecule is CCCNCc1cccc(F)c1N(CCC)CCN(C)C. The average molecular weight is 295 g/mol. The zero-order valence-corrected chi connectivity index (χ0v) is 14.0. The monoisotopic (exact) mass is 295 g/mol. The molecule has 0 fully saturated rings. The Labute approximate surface area is 129 Å². The predicted octanol–water partition coefficient (Wildman–Crippen LogP) is 3.10. The highest BCUT2D eigenvalue weighted by Crippen LogP contribution is 2.25. The molecule has 0 aliphatic heterocycles. The summed E-state index contributed by atoms with van der Waals surface area (Å²) in [5.41, 5.74) is 1.82. The quantitative estimate of drug-likeness (QED) is 0.669. The maximum absolute atomic E-state index is 14.4. The van der Waals surface area contributed by atoms with Crippen molar-refractivity contribution in [2.45, 2.75) is 33.2 Å². The fraction of sp³-hybridized carbons (Fsp3) is 0.647. The lowest BCUT2D eigenvalue weighted by Crippen LogP contribution is -2.34. The zero-order valence-electron chi connectivity index (χ0n) is 14.0. The molecule has 1 N–H and O–H groups in total. The minimum absolute atomic E-state index is 0.113. The first-order valence-corrected chi connectivity index (χ1v) is 7.97. The van der Waals surface area contributed by atoms with E-state index in [0.717, 1.165) is 56.8 Å². The Kier molecular flexibility index (Phi) is 8.31. The minimum Gasteiger partial charge on any atom is -0.368 e. The van der Waals surface area contributed by atoms with E-state index in [2.05, 4.69) is 43.1 Å². The largest absolute Gasteiger partial charge is 0.368 e. The van der Waals surface area contributed by atoms with Gasteiger partial charge in [-0.25, -0.2) is 4.39 Å². The molecule has 1 rings (SSSR count). The summed E-state index contributed by atoms with van der Waals surface area (Å²) < 4.78 is 14.4. The summed E-state index contributed by atoms with van der Waals surface area (Å²) in [7, 11) is 4.10. The van der Waals surface area contributed by atoms with Crippen LogP contribution in [0.25, 0.3) is 0 Å². The van der Waals surface area contributed by atoms with E-state index >= 15 is 0 Å². The highest BCUT2D eigenvalue weighted by Gasteiger charge is 2.15. The molecule has 21 heavy (non-hydrogen) atoms. The number of likely N-dealkylation sites (N-methyl/N-ethyl adjacent to an activating group) is 1. The molecule has 0 unspecified atom stereocenters. The van der Waals surface area contributed by atoms with E-state index < -0.39 is 0 Å². The maximum Gasteiger partial charge on any atom is 0.146 e. The molecule has 120 valence electrons. The van der Waals surface area contributed by atoms with Gasteiger partial charge in [-0.05, 0) is 45.1 Å². The summed E-state index contributed by atoms with van der Waals surface area (Å²) in [5.74, 6) is -0.113. The highest BCUT2D eigenvalue weighted by molar-refractivity contribution is 5.55. The van der Waals surface area contributed by atoms with Crippen molar-refractivity contribution in [3.05, 3.63) is 29.6 Å². The molecule has 0 aromatic heterocycles. The van der Waals surface area contributed by atoms with Crippen molar-refractivity contribution in [3.8, 4) is 0 Å². The van der Waals surface area contributed by atoms with Crippen molar-refractivity contribution in [2.24, 2.45) is 0 Å². The van der Waals surface area contributed by atoms with Gasteiger partial charge in [0, 0.05) is 26.2 Å². The molecule has 0 radical (unpaired) electrons. The van der Waals surface area contributed by atoms with Crippen molar-refractivity contribution < 1.29 is 4.39 Å². The Morgan fingerprint density at radius 1 is 1.05 bits per heavy atom. The van der Waals surface area contributed by atoms with E-state index in [4.69, 9.17) is 0 Å². The zero-order chi connectivity index (χ0) is 15.7. The second-order valence-electron chi connectivity index (χ2n) is 5.71. The highest BCUT2D eigenvalue weighted by atomic mass is 19.1. The lowest BCUT2D eigenvalue weighted by atomic mass is 10.1. The maximum atomic E-state index is 14.4. The fourth-order valence-electron chi connectivity index (χ4n) is 2.38. The van der Waals surface area contributed by atoms with Crippen LogP contribution in [0.4, 0.5) is 10.1 Å². The number of hydrogen-bond donors (Lipinski definition) is 1. The van der Waals surface area contributed by atoms with Crippen LogP contribution < -0.4 is 10.2 Å². The summed E-state index contributed by atoms with van der Waals surface area (Å²) in [4.78, 5) is 4.32. The topological polar surface area (TPSA) is 18.5 Å². The van der Waals surface area contributed by atoms with Crippen molar-refractivity contribution >= 4 is 5.69 Å². The van der Waals surface area contributed by atoms with E-state index in [1.807, 2.05) is 6.07 Å². The summed E-state index contributed by atoms with van der Waals surface area (Å²) >= 11 is 0. The Morgan fingerprint density at radius 2 is 1.81 bits per heavy atom. The number of rotatable bonds is 10. The Bertz CT molecular complexity index is 407. The molecule has 4 heteroatoms. The first-order valence-electron chi connectivity index (χ1n) is 7.97. The third-order valence-corrected chi connectivity index (χ3v) is 3.44. The third-order valence-electron chi connectivity index (χ3n) is 3.44.